The van der Waals surface area contributed by atoms with Crippen LogP contribution in [0.3, 0.4) is 0 Å². The lowest BCUT2D eigenvalue weighted by Crippen LogP contribution is -2.49. The second-order valence-electron chi connectivity index (χ2n) is 6.49. The molecule has 114 valence electrons. The minimum absolute atomic E-state index is 0.0567. The van der Waals surface area contributed by atoms with Crippen LogP contribution in [0.15, 0.2) is 0 Å². The third-order valence-electron chi connectivity index (χ3n) is 3.54. The molecular weight excluding hydrogens is 286 g/mol. The highest BCUT2D eigenvalue weighted by molar-refractivity contribution is 7.09. The second-order valence-corrected chi connectivity index (χ2v) is 7.24. The summed E-state index contributed by atoms with van der Waals surface area (Å²) < 4.78 is 4.08. The zero-order valence-electron chi connectivity index (χ0n) is 12.8. The average Bonchev–Trinajstić information content (AvgIpc) is 3.07. The lowest BCUT2D eigenvalue weighted by atomic mass is 9.91. The molecule has 0 unspecified atom stereocenters. The highest BCUT2D eigenvalue weighted by Gasteiger charge is 2.26. The van der Waals surface area contributed by atoms with Gasteiger partial charge < -0.3 is 10.2 Å². The van der Waals surface area contributed by atoms with Crippen molar-refractivity contribution in [2.75, 3.05) is 24.5 Å². The van der Waals surface area contributed by atoms with Crippen molar-refractivity contribution in [1.82, 2.24) is 30.1 Å². The Labute approximate surface area is 128 Å². The zero-order valence-corrected chi connectivity index (χ0v) is 13.7. The number of rotatable bonds is 2. The zero-order chi connectivity index (χ0) is 15.0. The van der Waals surface area contributed by atoms with E-state index in [1.54, 1.807) is 0 Å². The number of hydrogen-bond donors (Lipinski definition) is 2. The Morgan fingerprint density at radius 3 is 2.86 bits per heavy atom. The molecule has 2 aromatic heterocycles. The van der Waals surface area contributed by atoms with Crippen molar-refractivity contribution in [2.45, 2.75) is 39.2 Å². The summed E-state index contributed by atoms with van der Waals surface area (Å²) in [6.07, 6.45) is 0. The van der Waals surface area contributed by atoms with E-state index in [1.807, 2.05) is 0 Å². The molecule has 3 heterocycles. The molecule has 3 rings (SSSR count). The Balaban J connectivity index is 1.87. The second kappa shape index (κ2) is 5.34. The summed E-state index contributed by atoms with van der Waals surface area (Å²) in [6, 6.07) is 0.455. The van der Waals surface area contributed by atoms with Gasteiger partial charge in [-0.3, -0.25) is 5.10 Å². The molecule has 1 fully saturated rings. The molecule has 21 heavy (non-hydrogen) atoms. The van der Waals surface area contributed by atoms with Crippen LogP contribution in [0.5, 0.6) is 0 Å². The molecule has 0 aliphatic carbocycles. The first kappa shape index (κ1) is 14.4. The van der Waals surface area contributed by atoms with Crippen LogP contribution in [0.25, 0.3) is 10.7 Å². The molecule has 0 bridgehead atoms. The van der Waals surface area contributed by atoms with Crippen molar-refractivity contribution in [3.63, 3.8) is 0 Å². The van der Waals surface area contributed by atoms with E-state index in [9.17, 15) is 0 Å². The monoisotopic (exact) mass is 307 g/mol. The van der Waals surface area contributed by atoms with E-state index in [2.05, 4.69) is 62.7 Å². The van der Waals surface area contributed by atoms with Crippen molar-refractivity contribution in [3.8, 4) is 10.7 Å². The number of hydrogen-bond acceptors (Lipinski definition) is 7. The fraction of sp³-hybridized carbons (Fsp3) is 0.692. The van der Waals surface area contributed by atoms with Crippen LogP contribution < -0.4 is 10.2 Å². The van der Waals surface area contributed by atoms with Crippen molar-refractivity contribution >= 4 is 17.5 Å². The van der Waals surface area contributed by atoms with Crippen molar-refractivity contribution in [3.05, 3.63) is 5.69 Å². The molecule has 1 atom stereocenters. The molecule has 0 spiro atoms. The van der Waals surface area contributed by atoms with E-state index in [1.165, 1.54) is 11.5 Å². The van der Waals surface area contributed by atoms with Gasteiger partial charge in [-0.05, 0) is 18.5 Å². The lowest BCUT2D eigenvalue weighted by Gasteiger charge is -2.30. The standard InChI is InChI=1S/C13H21N7S/c1-8-7-20(6-5-14-8)12-15-11(17-18-12)9-10(13(2,3)4)16-19-21-9/h8,14H,5-7H2,1-4H3,(H,15,17,18)/t8-/m1/s1. The van der Waals surface area contributed by atoms with Crippen LogP contribution in [-0.4, -0.2) is 50.4 Å². The van der Waals surface area contributed by atoms with Crippen LogP contribution in [0.1, 0.15) is 33.4 Å². The van der Waals surface area contributed by atoms with Gasteiger partial charge in [0.15, 0.2) is 5.82 Å². The number of H-pyrrole nitrogens is 1. The van der Waals surface area contributed by atoms with Crippen LogP contribution in [0.4, 0.5) is 5.95 Å². The number of aromatic amines is 1. The van der Waals surface area contributed by atoms with Gasteiger partial charge in [-0.2, -0.15) is 4.98 Å². The van der Waals surface area contributed by atoms with E-state index < -0.39 is 0 Å². The van der Waals surface area contributed by atoms with E-state index in [0.717, 1.165) is 42.0 Å². The van der Waals surface area contributed by atoms with Crippen LogP contribution >= 0.6 is 11.5 Å². The highest BCUT2D eigenvalue weighted by Crippen LogP contribution is 2.32. The van der Waals surface area contributed by atoms with Crippen molar-refractivity contribution < 1.29 is 0 Å². The van der Waals surface area contributed by atoms with E-state index in [4.69, 9.17) is 0 Å². The first-order valence-electron chi connectivity index (χ1n) is 7.19. The molecule has 8 heteroatoms. The largest absolute Gasteiger partial charge is 0.337 e. The maximum atomic E-state index is 4.65. The van der Waals surface area contributed by atoms with Gasteiger partial charge in [0.1, 0.15) is 4.88 Å². The fourth-order valence-corrected chi connectivity index (χ4v) is 3.26. The molecule has 0 aromatic carbocycles. The third kappa shape index (κ3) is 2.91. The van der Waals surface area contributed by atoms with Gasteiger partial charge in [0.25, 0.3) is 0 Å². The first-order chi connectivity index (χ1) is 9.95. The van der Waals surface area contributed by atoms with E-state index >= 15 is 0 Å². The average molecular weight is 307 g/mol. The van der Waals surface area contributed by atoms with Gasteiger partial charge in [-0.25, -0.2) is 0 Å². The minimum atomic E-state index is -0.0567. The Kier molecular flexibility index (Phi) is 3.66. The smallest absolute Gasteiger partial charge is 0.245 e. The number of nitrogens with one attached hydrogen (secondary N) is 2. The normalized spacial score (nSPS) is 20.0. The highest BCUT2D eigenvalue weighted by atomic mass is 32.1. The summed E-state index contributed by atoms with van der Waals surface area (Å²) in [5.74, 6) is 1.52. The predicted molar refractivity (Wildman–Crippen MR) is 83.7 cm³/mol. The van der Waals surface area contributed by atoms with Crippen molar-refractivity contribution in [2.24, 2.45) is 0 Å². The number of anilines is 1. The van der Waals surface area contributed by atoms with Gasteiger partial charge >= 0.3 is 0 Å². The van der Waals surface area contributed by atoms with E-state index in [-0.39, 0.29) is 5.41 Å². The molecule has 1 aliphatic heterocycles. The summed E-state index contributed by atoms with van der Waals surface area (Å²) in [5, 5.41) is 15.1. The molecule has 0 saturated carbocycles. The molecule has 7 nitrogen and oxygen atoms in total. The third-order valence-corrected chi connectivity index (χ3v) is 4.27. The molecule has 0 amide bonds. The molecule has 0 radical (unpaired) electrons. The predicted octanol–water partition coefficient (Wildman–Crippen LogP) is 1.42. The van der Waals surface area contributed by atoms with E-state index in [0.29, 0.717) is 6.04 Å². The molecule has 2 N–H and O–H groups in total. The van der Waals surface area contributed by atoms with Crippen LogP contribution in [0, 0.1) is 0 Å². The molecule has 1 aliphatic rings. The maximum absolute atomic E-state index is 4.65. The SMILES string of the molecule is C[C@@H]1CN(c2n[nH]c(-c3snnc3C(C)(C)C)n2)CCN1. The minimum Gasteiger partial charge on any atom is -0.337 e. The Bertz CT molecular complexity index is 612. The van der Waals surface area contributed by atoms with Crippen LogP contribution in [0.2, 0.25) is 0 Å². The Morgan fingerprint density at radius 2 is 2.14 bits per heavy atom. The van der Waals surface area contributed by atoms with Gasteiger partial charge in [0.2, 0.25) is 5.95 Å². The quantitative estimate of drug-likeness (QED) is 0.873. The Hall–Kier alpha value is -1.54. The molecular formula is C13H21N7S. The number of piperazine rings is 1. The topological polar surface area (TPSA) is 82.6 Å². The lowest BCUT2D eigenvalue weighted by molar-refractivity contribution is 0.480. The van der Waals surface area contributed by atoms with Crippen LogP contribution in [-0.2, 0) is 5.41 Å². The summed E-state index contributed by atoms with van der Waals surface area (Å²) in [7, 11) is 0. The maximum Gasteiger partial charge on any atom is 0.245 e. The van der Waals surface area contributed by atoms with Crippen molar-refractivity contribution in [1.29, 1.82) is 0 Å². The molecule has 1 saturated heterocycles. The summed E-state index contributed by atoms with van der Waals surface area (Å²) >= 11 is 1.36. The summed E-state index contributed by atoms with van der Waals surface area (Å²) in [4.78, 5) is 7.82. The number of nitrogens with zero attached hydrogens (tertiary/aromatic N) is 5. The first-order valence-corrected chi connectivity index (χ1v) is 7.96. The van der Waals surface area contributed by atoms with Gasteiger partial charge in [-0.15, -0.1) is 10.2 Å². The van der Waals surface area contributed by atoms with Gasteiger partial charge in [-0.1, -0.05) is 25.3 Å². The number of aromatic nitrogens is 5. The summed E-state index contributed by atoms with van der Waals surface area (Å²) in [6.45, 7) is 11.4. The fourth-order valence-electron chi connectivity index (χ4n) is 2.45. The van der Waals surface area contributed by atoms with Gasteiger partial charge in [0, 0.05) is 31.1 Å². The summed E-state index contributed by atoms with van der Waals surface area (Å²) in [5.41, 5.74) is 0.905. The Morgan fingerprint density at radius 1 is 1.33 bits per heavy atom. The molecule has 2 aromatic rings. The van der Waals surface area contributed by atoms with Gasteiger partial charge in [0.05, 0.1) is 5.69 Å².